The van der Waals surface area contributed by atoms with Gasteiger partial charge in [0.1, 0.15) is 5.41 Å². The lowest BCUT2D eigenvalue weighted by molar-refractivity contribution is -0.142. The van der Waals surface area contributed by atoms with Gasteiger partial charge in [0.2, 0.25) is 5.91 Å². The van der Waals surface area contributed by atoms with Crippen LogP contribution in [0.1, 0.15) is 53.9 Å². The Kier molecular flexibility index (Phi) is 6.73. The number of amides is 1. The van der Waals surface area contributed by atoms with Crippen LogP contribution in [0.25, 0.3) is 0 Å². The first-order valence-corrected chi connectivity index (χ1v) is 11.3. The number of aliphatic hydroxyl groups excluding tert-OH is 2. The fourth-order valence-corrected chi connectivity index (χ4v) is 5.95. The van der Waals surface area contributed by atoms with E-state index in [1.807, 2.05) is 6.92 Å². The average Bonchev–Trinajstić information content (AvgIpc) is 2.94. The minimum Gasteiger partial charge on any atom is -0.396 e. The van der Waals surface area contributed by atoms with Crippen LogP contribution in [0, 0.1) is 35.0 Å². The van der Waals surface area contributed by atoms with Crippen molar-refractivity contribution in [2.24, 2.45) is 35.0 Å². The molecule has 1 spiro atoms. The lowest BCUT2D eigenvalue weighted by Gasteiger charge is -2.44. The molecule has 166 valence electrons. The van der Waals surface area contributed by atoms with Crippen molar-refractivity contribution in [3.63, 3.8) is 0 Å². The van der Waals surface area contributed by atoms with Crippen LogP contribution in [0.2, 0.25) is 0 Å². The van der Waals surface area contributed by atoms with E-state index in [0.29, 0.717) is 18.8 Å². The van der Waals surface area contributed by atoms with Crippen molar-refractivity contribution in [2.75, 3.05) is 6.61 Å². The summed E-state index contributed by atoms with van der Waals surface area (Å²) in [4.78, 5) is 27.3. The zero-order valence-corrected chi connectivity index (χ0v) is 18.9. The molecule has 0 aromatic heterocycles. The van der Waals surface area contributed by atoms with Gasteiger partial charge in [-0.1, -0.05) is 50.1 Å². The molecule has 5 heteroatoms. The van der Waals surface area contributed by atoms with Crippen LogP contribution in [0.4, 0.5) is 0 Å². The molecule has 3 N–H and O–H groups in total. The SMILES string of the molecule is CC1=C[C@@H]2/C=C(\C)C[C@H](CO)C[C@H](O)/C=C/C(=O)[C@]23C(=O)N[C@@H](CC(C)C)[C@@H]3[C@@H]1C. The molecule has 0 bridgehead atoms. The van der Waals surface area contributed by atoms with Crippen molar-refractivity contribution in [2.45, 2.75) is 66.0 Å². The Morgan fingerprint density at radius 3 is 2.57 bits per heavy atom. The van der Waals surface area contributed by atoms with Crippen molar-refractivity contribution in [3.8, 4) is 0 Å². The zero-order valence-electron chi connectivity index (χ0n) is 18.9. The summed E-state index contributed by atoms with van der Waals surface area (Å²) in [5.41, 5.74) is 1.06. The Morgan fingerprint density at radius 2 is 1.93 bits per heavy atom. The van der Waals surface area contributed by atoms with Crippen molar-refractivity contribution in [1.82, 2.24) is 5.32 Å². The van der Waals surface area contributed by atoms with Gasteiger partial charge in [0.15, 0.2) is 5.78 Å². The Hall–Kier alpha value is -1.72. The molecule has 7 atom stereocenters. The Morgan fingerprint density at radius 1 is 1.23 bits per heavy atom. The van der Waals surface area contributed by atoms with E-state index in [1.54, 1.807) is 0 Å². The van der Waals surface area contributed by atoms with E-state index in [0.717, 1.165) is 12.0 Å². The molecular weight excluding hydrogens is 378 g/mol. The molecule has 0 aromatic rings. The molecule has 0 saturated carbocycles. The summed E-state index contributed by atoms with van der Waals surface area (Å²) in [6.07, 6.45) is 8.12. The van der Waals surface area contributed by atoms with Gasteiger partial charge in [0.05, 0.1) is 6.10 Å². The molecular formula is C25H37NO4. The monoisotopic (exact) mass is 415 g/mol. The van der Waals surface area contributed by atoms with Crippen LogP contribution >= 0.6 is 0 Å². The first-order valence-electron chi connectivity index (χ1n) is 11.3. The highest BCUT2D eigenvalue weighted by atomic mass is 16.3. The second-order valence-electron chi connectivity index (χ2n) is 10.1. The van der Waals surface area contributed by atoms with E-state index < -0.39 is 11.5 Å². The number of aliphatic hydroxyl groups is 2. The highest BCUT2D eigenvalue weighted by Gasteiger charge is 2.64. The van der Waals surface area contributed by atoms with E-state index in [9.17, 15) is 19.8 Å². The summed E-state index contributed by atoms with van der Waals surface area (Å²) < 4.78 is 0. The van der Waals surface area contributed by atoms with E-state index in [4.69, 9.17) is 0 Å². The van der Waals surface area contributed by atoms with Crippen LogP contribution in [0.5, 0.6) is 0 Å². The molecule has 1 aliphatic heterocycles. The molecule has 5 nitrogen and oxygen atoms in total. The van der Waals surface area contributed by atoms with Crippen molar-refractivity contribution >= 4 is 11.7 Å². The Balaban J connectivity index is 2.19. The third kappa shape index (κ3) is 3.94. The van der Waals surface area contributed by atoms with E-state index in [-0.39, 0.29) is 48.0 Å². The van der Waals surface area contributed by atoms with Gasteiger partial charge in [-0.15, -0.1) is 0 Å². The highest BCUT2D eigenvalue weighted by Crippen LogP contribution is 2.55. The zero-order chi connectivity index (χ0) is 22.2. The quantitative estimate of drug-likeness (QED) is 0.488. The Bertz CT molecular complexity index is 780. The van der Waals surface area contributed by atoms with Crippen LogP contribution in [0.3, 0.4) is 0 Å². The summed E-state index contributed by atoms with van der Waals surface area (Å²) in [5.74, 6) is -0.445. The van der Waals surface area contributed by atoms with E-state index in [1.165, 1.54) is 17.7 Å². The molecule has 2 aliphatic carbocycles. The second-order valence-corrected chi connectivity index (χ2v) is 10.1. The highest BCUT2D eigenvalue weighted by molar-refractivity contribution is 6.13. The number of nitrogens with one attached hydrogen (secondary N) is 1. The van der Waals surface area contributed by atoms with E-state index >= 15 is 0 Å². The number of rotatable bonds is 3. The third-order valence-electron chi connectivity index (χ3n) is 7.39. The fourth-order valence-electron chi connectivity index (χ4n) is 5.95. The molecule has 30 heavy (non-hydrogen) atoms. The van der Waals surface area contributed by atoms with Gasteiger partial charge in [-0.05, 0) is 56.9 Å². The molecule has 1 saturated heterocycles. The maximum absolute atomic E-state index is 13.7. The van der Waals surface area contributed by atoms with Gasteiger partial charge >= 0.3 is 0 Å². The predicted molar refractivity (Wildman–Crippen MR) is 117 cm³/mol. The van der Waals surface area contributed by atoms with Gasteiger partial charge in [-0.2, -0.15) is 0 Å². The summed E-state index contributed by atoms with van der Waals surface area (Å²) >= 11 is 0. The number of allylic oxidation sites excluding steroid dienone is 5. The van der Waals surface area contributed by atoms with Crippen LogP contribution in [-0.4, -0.2) is 40.7 Å². The van der Waals surface area contributed by atoms with Crippen LogP contribution in [0.15, 0.2) is 35.5 Å². The van der Waals surface area contributed by atoms with Gasteiger partial charge in [0, 0.05) is 24.5 Å². The molecule has 1 heterocycles. The predicted octanol–water partition coefficient (Wildman–Crippen LogP) is 3.18. The largest absolute Gasteiger partial charge is 0.396 e. The number of ketones is 1. The number of hydrogen-bond acceptors (Lipinski definition) is 4. The molecule has 0 aromatic carbocycles. The summed E-state index contributed by atoms with van der Waals surface area (Å²) in [6.45, 7) is 10.5. The third-order valence-corrected chi connectivity index (χ3v) is 7.39. The van der Waals surface area contributed by atoms with E-state index in [2.05, 4.69) is 45.2 Å². The maximum Gasteiger partial charge on any atom is 0.235 e. The normalized spacial score (nSPS) is 42.4. The second kappa shape index (κ2) is 8.80. The van der Waals surface area contributed by atoms with Gasteiger partial charge in [-0.25, -0.2) is 0 Å². The summed E-state index contributed by atoms with van der Waals surface area (Å²) in [5, 5.41) is 23.3. The Labute approximate surface area is 180 Å². The standard InChI is InChI=1S/C25H37NO4/c1-14(2)8-21-23-17(5)16(4)11-19-10-15(3)9-18(13-27)12-20(28)6-7-22(29)25(19,23)24(30)26-21/h6-7,10-11,14,17-21,23,27-28H,8-9,12-13H2,1-5H3,(H,26,30)/b7-6+,15-10+/t17-,18+,19+,20-,21+,23+,25-/m1/s1. The number of carbonyl (C=O) groups is 2. The molecule has 1 amide bonds. The lowest BCUT2D eigenvalue weighted by atomic mass is 9.55. The van der Waals surface area contributed by atoms with Crippen molar-refractivity contribution in [1.29, 1.82) is 0 Å². The smallest absolute Gasteiger partial charge is 0.235 e. The molecule has 3 aliphatic rings. The number of hydrogen-bond donors (Lipinski definition) is 3. The topological polar surface area (TPSA) is 86.6 Å². The van der Waals surface area contributed by atoms with Gasteiger partial charge in [-0.3, -0.25) is 9.59 Å². The van der Waals surface area contributed by atoms with Gasteiger partial charge in [0.25, 0.3) is 0 Å². The minimum atomic E-state index is -1.19. The number of carbonyl (C=O) groups excluding carboxylic acids is 2. The summed E-state index contributed by atoms with van der Waals surface area (Å²) in [7, 11) is 0. The first kappa shape index (κ1) is 23.0. The van der Waals surface area contributed by atoms with Crippen LogP contribution in [-0.2, 0) is 9.59 Å². The first-order chi connectivity index (χ1) is 14.1. The molecule has 1 fully saturated rings. The van der Waals surface area contributed by atoms with Crippen molar-refractivity contribution in [3.05, 3.63) is 35.5 Å². The maximum atomic E-state index is 13.7. The average molecular weight is 416 g/mol. The molecule has 0 unspecified atom stereocenters. The lowest BCUT2D eigenvalue weighted by Crippen LogP contribution is -2.51. The van der Waals surface area contributed by atoms with Crippen molar-refractivity contribution < 1.29 is 19.8 Å². The van der Waals surface area contributed by atoms with Gasteiger partial charge < -0.3 is 15.5 Å². The molecule has 0 radical (unpaired) electrons. The van der Waals surface area contributed by atoms with Crippen LogP contribution < -0.4 is 5.32 Å². The fraction of sp³-hybridized carbons (Fsp3) is 0.680. The summed E-state index contributed by atoms with van der Waals surface area (Å²) in [6, 6.07) is -0.0510. The molecule has 3 rings (SSSR count). The minimum absolute atomic E-state index is 0.0225.